The molecule has 0 aliphatic heterocycles. The molecule has 0 spiro atoms. The third-order valence-corrected chi connectivity index (χ3v) is 3.46. The Balaban J connectivity index is 3.60. The molecular weight excluding hydrogens is 212 g/mol. The van der Waals surface area contributed by atoms with Crippen molar-refractivity contribution in [3.63, 3.8) is 0 Å². The summed E-state index contributed by atoms with van der Waals surface area (Å²) in [4.78, 5) is 11.1. The second kappa shape index (κ2) is 7.99. The Bertz CT molecular complexity index is 181. The Hall–Kier alpha value is -0.220. The second-order valence-corrected chi connectivity index (χ2v) is 5.27. The van der Waals surface area contributed by atoms with Crippen LogP contribution in [0.5, 0.6) is 0 Å². The van der Waals surface area contributed by atoms with Gasteiger partial charge in [0.15, 0.2) is 0 Å². The van der Waals surface area contributed by atoms with Gasteiger partial charge in [-0.25, -0.2) is 0 Å². The van der Waals surface area contributed by atoms with Gasteiger partial charge in [-0.1, -0.05) is 13.8 Å². The molecule has 0 amide bonds. The monoisotopic (exact) mass is 234 g/mol. The summed E-state index contributed by atoms with van der Waals surface area (Å²) in [7, 11) is 0. The molecule has 0 saturated heterocycles. The Morgan fingerprint density at radius 1 is 1.47 bits per heavy atom. The number of esters is 1. The third kappa shape index (κ3) is 8.75. The average Bonchev–Trinajstić information content (AvgIpc) is 2.15. The van der Waals surface area contributed by atoms with E-state index in [0.717, 1.165) is 18.6 Å². The van der Waals surface area contributed by atoms with Crippen LogP contribution in [0.4, 0.5) is 0 Å². The lowest BCUT2D eigenvalue weighted by molar-refractivity contribution is -0.139. The molecular formula is C11H22O3S. The van der Waals surface area contributed by atoms with Gasteiger partial charge in [-0.2, -0.15) is 0 Å². The van der Waals surface area contributed by atoms with Gasteiger partial charge in [0.25, 0.3) is 0 Å². The smallest absolute Gasteiger partial charge is 0.315 e. The molecule has 0 unspecified atom stereocenters. The SMILES string of the molecule is CCOC(=O)CSCC(C)(C)CCCO. The molecule has 0 fully saturated rings. The van der Waals surface area contributed by atoms with Crippen LogP contribution in [0.1, 0.15) is 33.6 Å². The average molecular weight is 234 g/mol. The number of thioether (sulfide) groups is 1. The largest absolute Gasteiger partial charge is 0.465 e. The van der Waals surface area contributed by atoms with Crippen molar-refractivity contribution < 1.29 is 14.6 Å². The van der Waals surface area contributed by atoms with Gasteiger partial charge in [-0.15, -0.1) is 11.8 Å². The van der Waals surface area contributed by atoms with Gasteiger partial charge in [0.2, 0.25) is 0 Å². The zero-order valence-electron chi connectivity index (χ0n) is 9.91. The molecule has 15 heavy (non-hydrogen) atoms. The van der Waals surface area contributed by atoms with E-state index in [-0.39, 0.29) is 18.0 Å². The lowest BCUT2D eigenvalue weighted by atomic mass is 9.90. The van der Waals surface area contributed by atoms with Crippen LogP contribution in [0.25, 0.3) is 0 Å². The first-order chi connectivity index (χ1) is 7.02. The van der Waals surface area contributed by atoms with E-state index in [0.29, 0.717) is 12.4 Å². The standard InChI is InChI=1S/C11H22O3S/c1-4-14-10(13)8-15-9-11(2,3)6-5-7-12/h12H,4-9H2,1-3H3. The van der Waals surface area contributed by atoms with E-state index in [1.807, 2.05) is 6.92 Å². The fourth-order valence-electron chi connectivity index (χ4n) is 1.24. The Morgan fingerprint density at radius 3 is 2.67 bits per heavy atom. The summed E-state index contributed by atoms with van der Waals surface area (Å²) in [5.41, 5.74) is 0.180. The Labute approximate surface area is 96.6 Å². The zero-order chi connectivity index (χ0) is 11.7. The normalized spacial score (nSPS) is 11.5. The van der Waals surface area contributed by atoms with Gasteiger partial charge >= 0.3 is 5.97 Å². The van der Waals surface area contributed by atoms with Crippen molar-refractivity contribution in [2.45, 2.75) is 33.6 Å². The fourth-order valence-corrected chi connectivity index (χ4v) is 2.29. The molecule has 0 aliphatic rings. The molecule has 0 radical (unpaired) electrons. The van der Waals surface area contributed by atoms with Gasteiger partial charge < -0.3 is 9.84 Å². The number of rotatable bonds is 8. The highest BCUT2D eigenvalue weighted by atomic mass is 32.2. The van der Waals surface area contributed by atoms with E-state index < -0.39 is 0 Å². The maximum Gasteiger partial charge on any atom is 0.315 e. The summed E-state index contributed by atoms with van der Waals surface area (Å²) >= 11 is 1.60. The second-order valence-electron chi connectivity index (χ2n) is 4.29. The minimum absolute atomic E-state index is 0.138. The molecule has 0 rings (SSSR count). The van der Waals surface area contributed by atoms with Gasteiger partial charge in [-0.05, 0) is 30.9 Å². The van der Waals surface area contributed by atoms with Crippen molar-refractivity contribution in [2.75, 3.05) is 24.7 Å². The molecule has 0 aromatic heterocycles. The van der Waals surface area contributed by atoms with Crippen LogP contribution in [0.15, 0.2) is 0 Å². The van der Waals surface area contributed by atoms with Crippen LogP contribution in [0, 0.1) is 5.41 Å². The molecule has 4 heteroatoms. The van der Waals surface area contributed by atoms with Crippen LogP contribution >= 0.6 is 11.8 Å². The number of carbonyl (C=O) groups is 1. The van der Waals surface area contributed by atoms with Crippen molar-refractivity contribution in [3.8, 4) is 0 Å². The molecule has 0 heterocycles. The van der Waals surface area contributed by atoms with Gasteiger partial charge in [0, 0.05) is 6.61 Å². The first kappa shape index (κ1) is 14.8. The predicted octanol–water partition coefficient (Wildman–Crippen LogP) is 2.08. The molecule has 0 aromatic carbocycles. The van der Waals surface area contributed by atoms with Crippen molar-refractivity contribution in [3.05, 3.63) is 0 Å². The minimum Gasteiger partial charge on any atom is -0.465 e. The van der Waals surface area contributed by atoms with Crippen molar-refractivity contribution in [1.82, 2.24) is 0 Å². The molecule has 1 N–H and O–H groups in total. The molecule has 3 nitrogen and oxygen atoms in total. The lowest BCUT2D eigenvalue weighted by Gasteiger charge is -2.23. The summed E-state index contributed by atoms with van der Waals surface area (Å²) < 4.78 is 4.84. The van der Waals surface area contributed by atoms with E-state index in [1.165, 1.54) is 0 Å². The molecule has 90 valence electrons. The van der Waals surface area contributed by atoms with Gasteiger partial charge in [-0.3, -0.25) is 4.79 Å². The Kier molecular flexibility index (Phi) is 7.88. The van der Waals surface area contributed by atoms with E-state index in [4.69, 9.17) is 9.84 Å². The zero-order valence-corrected chi connectivity index (χ0v) is 10.7. The van der Waals surface area contributed by atoms with E-state index in [1.54, 1.807) is 11.8 Å². The first-order valence-electron chi connectivity index (χ1n) is 5.36. The number of ether oxygens (including phenoxy) is 1. The van der Waals surface area contributed by atoms with E-state index in [9.17, 15) is 4.79 Å². The van der Waals surface area contributed by atoms with E-state index in [2.05, 4.69) is 13.8 Å². The molecule has 0 atom stereocenters. The van der Waals surface area contributed by atoms with Crippen molar-refractivity contribution in [2.24, 2.45) is 5.41 Å². The summed E-state index contributed by atoms with van der Waals surface area (Å²) in [5, 5.41) is 8.73. The van der Waals surface area contributed by atoms with Gasteiger partial charge in [0.05, 0.1) is 12.4 Å². The quantitative estimate of drug-likeness (QED) is 0.653. The summed E-state index contributed by atoms with van der Waals surface area (Å²) in [6.45, 7) is 6.81. The van der Waals surface area contributed by atoms with Gasteiger partial charge in [0.1, 0.15) is 0 Å². The lowest BCUT2D eigenvalue weighted by Crippen LogP contribution is -2.17. The predicted molar refractivity (Wildman–Crippen MR) is 64.1 cm³/mol. The van der Waals surface area contributed by atoms with Crippen LogP contribution in [0.3, 0.4) is 0 Å². The summed E-state index contributed by atoms with van der Waals surface area (Å²) in [6.07, 6.45) is 1.81. The third-order valence-electron chi connectivity index (χ3n) is 2.03. The highest BCUT2D eigenvalue weighted by Crippen LogP contribution is 2.27. The topological polar surface area (TPSA) is 46.5 Å². The minimum atomic E-state index is -0.138. The number of aliphatic hydroxyl groups is 1. The maximum atomic E-state index is 11.1. The van der Waals surface area contributed by atoms with Crippen molar-refractivity contribution in [1.29, 1.82) is 0 Å². The number of hydrogen-bond donors (Lipinski definition) is 1. The van der Waals surface area contributed by atoms with Crippen LogP contribution in [0.2, 0.25) is 0 Å². The molecule has 0 saturated carbocycles. The highest BCUT2D eigenvalue weighted by Gasteiger charge is 2.17. The van der Waals surface area contributed by atoms with Crippen LogP contribution in [-0.2, 0) is 9.53 Å². The highest BCUT2D eigenvalue weighted by molar-refractivity contribution is 7.99. The fraction of sp³-hybridized carbons (Fsp3) is 0.909. The van der Waals surface area contributed by atoms with Crippen LogP contribution < -0.4 is 0 Å². The molecule has 0 aromatic rings. The molecule has 0 bridgehead atoms. The summed E-state index contributed by atoms with van der Waals surface area (Å²) in [5.74, 6) is 1.21. The van der Waals surface area contributed by atoms with E-state index >= 15 is 0 Å². The Morgan fingerprint density at radius 2 is 2.13 bits per heavy atom. The number of hydrogen-bond acceptors (Lipinski definition) is 4. The summed E-state index contributed by atoms with van der Waals surface area (Å²) in [6, 6.07) is 0. The van der Waals surface area contributed by atoms with Crippen molar-refractivity contribution >= 4 is 17.7 Å². The first-order valence-corrected chi connectivity index (χ1v) is 6.51. The number of aliphatic hydroxyl groups excluding tert-OH is 1. The van der Waals surface area contributed by atoms with Crippen LogP contribution in [-0.4, -0.2) is 35.8 Å². The molecule has 0 aliphatic carbocycles. The maximum absolute atomic E-state index is 11.1. The number of carbonyl (C=O) groups excluding carboxylic acids is 1.